The van der Waals surface area contributed by atoms with Crippen LogP contribution in [0.1, 0.15) is 145 Å². The van der Waals surface area contributed by atoms with Gasteiger partial charge in [0.15, 0.2) is 5.78 Å². The van der Waals surface area contributed by atoms with Gasteiger partial charge in [0.1, 0.15) is 24.4 Å². The van der Waals surface area contributed by atoms with Gasteiger partial charge in [-0.1, -0.05) is 71.1 Å². The van der Waals surface area contributed by atoms with Crippen LogP contribution < -0.4 is 0 Å². The molecule has 4 aliphatic rings. The van der Waals surface area contributed by atoms with Crippen molar-refractivity contribution < 1.29 is 62.9 Å². The first-order valence-electron chi connectivity index (χ1n) is 26.5. The molecule has 0 aromatic rings. The number of rotatable bonds is 11. The van der Waals surface area contributed by atoms with Crippen molar-refractivity contribution in [1.29, 1.82) is 0 Å². The number of ketones is 2. The molecule has 14 nitrogen and oxygen atoms in total. The molecule has 3 fully saturated rings. The smallest absolute Gasteiger partial charge is 0.329 e. The lowest BCUT2D eigenvalue weighted by atomic mass is 9.78. The minimum Gasteiger partial charge on any atom is -0.460 e. The molecular formula is C57H89NO13. The lowest BCUT2D eigenvalue weighted by Gasteiger charge is -2.43. The highest BCUT2D eigenvalue weighted by atomic mass is 16.6. The Morgan fingerprint density at radius 2 is 1.56 bits per heavy atom. The van der Waals surface area contributed by atoms with E-state index in [1.807, 2.05) is 58.1 Å². The van der Waals surface area contributed by atoms with E-state index in [1.54, 1.807) is 48.2 Å². The van der Waals surface area contributed by atoms with Gasteiger partial charge >= 0.3 is 5.97 Å². The van der Waals surface area contributed by atoms with Crippen LogP contribution >= 0.6 is 0 Å². The van der Waals surface area contributed by atoms with Crippen LogP contribution in [-0.4, -0.2) is 139 Å². The fraction of sp³-hybridized carbons (Fsp3) is 0.754. The molecule has 71 heavy (non-hydrogen) atoms. The van der Waals surface area contributed by atoms with E-state index in [4.69, 9.17) is 34.8 Å². The van der Waals surface area contributed by atoms with Crippen molar-refractivity contribution in [2.24, 2.45) is 35.5 Å². The van der Waals surface area contributed by atoms with Crippen LogP contribution in [0.4, 0.5) is 0 Å². The summed E-state index contributed by atoms with van der Waals surface area (Å²) in [5.74, 6) is -4.48. The predicted octanol–water partition coefficient (Wildman–Crippen LogP) is 7.80. The maximum Gasteiger partial charge on any atom is 0.329 e. The second-order valence-electron chi connectivity index (χ2n) is 21.3. The number of cyclic esters (lactones) is 1. The summed E-state index contributed by atoms with van der Waals surface area (Å²) < 4.78 is 36.9. The van der Waals surface area contributed by atoms with Gasteiger partial charge in [-0.2, -0.15) is 0 Å². The molecule has 3 heterocycles. The van der Waals surface area contributed by atoms with E-state index in [1.165, 1.54) is 4.90 Å². The first kappa shape index (κ1) is 60.0. The summed E-state index contributed by atoms with van der Waals surface area (Å²) in [6, 6.07) is -1.08. The number of nitrogens with zero attached hydrogens (tertiary/aromatic N) is 1. The Kier molecular flexibility index (Phi) is 24.9. The fourth-order valence-electron chi connectivity index (χ4n) is 11.1. The van der Waals surface area contributed by atoms with Gasteiger partial charge in [-0.3, -0.25) is 14.4 Å². The minimum atomic E-state index is -2.41. The van der Waals surface area contributed by atoms with Crippen molar-refractivity contribution >= 4 is 23.4 Å². The van der Waals surface area contributed by atoms with E-state index in [0.717, 1.165) is 37.7 Å². The maximum atomic E-state index is 14.6. The molecule has 1 aliphatic carbocycles. The lowest BCUT2D eigenvalue weighted by molar-refractivity contribution is -0.265. The number of amides is 1. The highest BCUT2D eigenvalue weighted by Gasteiger charge is 2.53. The summed E-state index contributed by atoms with van der Waals surface area (Å²) in [6.45, 7) is 13.7. The highest BCUT2D eigenvalue weighted by Crippen LogP contribution is 2.38. The maximum absolute atomic E-state index is 14.6. The summed E-state index contributed by atoms with van der Waals surface area (Å²) in [6.07, 6.45) is 20.3. The van der Waals surface area contributed by atoms with Gasteiger partial charge in [0.2, 0.25) is 5.79 Å². The minimum absolute atomic E-state index is 0.00972. The Balaban J connectivity index is 1.68. The fourth-order valence-corrected chi connectivity index (χ4v) is 11.1. The molecule has 1 amide bonds. The number of Topliss-reactive ketones (excluding diaryl/α,β-unsaturated/α-hetero) is 2. The number of methoxy groups -OCH3 is 3. The van der Waals surface area contributed by atoms with Gasteiger partial charge in [0.05, 0.1) is 30.5 Å². The largest absolute Gasteiger partial charge is 0.460 e. The molecular weight excluding hydrogens is 907 g/mol. The molecule has 14 heteroatoms. The second kappa shape index (κ2) is 29.4. The molecule has 0 unspecified atom stereocenters. The molecule has 4 rings (SSSR count). The average molecular weight is 996 g/mol. The molecule has 2 saturated heterocycles. The number of allylic oxidation sites excluding steroid dienone is 5. The molecule has 2 bridgehead atoms. The van der Waals surface area contributed by atoms with Crippen LogP contribution in [-0.2, 0) is 47.6 Å². The summed E-state index contributed by atoms with van der Waals surface area (Å²) in [5.41, 5.74) is 1.29. The van der Waals surface area contributed by atoms with Crippen LogP contribution in [0.15, 0.2) is 47.6 Å². The monoisotopic (exact) mass is 996 g/mol. The first-order chi connectivity index (χ1) is 33.8. The highest BCUT2D eigenvalue weighted by molar-refractivity contribution is 6.39. The summed E-state index contributed by atoms with van der Waals surface area (Å²) in [4.78, 5) is 58.1. The van der Waals surface area contributed by atoms with Crippen LogP contribution in [0.3, 0.4) is 0 Å². The lowest BCUT2D eigenvalue weighted by Crippen LogP contribution is -2.61. The van der Waals surface area contributed by atoms with Crippen LogP contribution in [0, 0.1) is 47.9 Å². The van der Waals surface area contributed by atoms with Crippen molar-refractivity contribution in [3.05, 3.63) is 47.6 Å². The number of fused-ring (bicyclic) bond motifs is 3. The Labute approximate surface area is 425 Å². The van der Waals surface area contributed by atoms with Gasteiger partial charge < -0.3 is 48.6 Å². The Morgan fingerprint density at radius 1 is 0.831 bits per heavy atom. The number of unbranched alkanes of at least 4 members (excludes halogenated alkanes) is 2. The first-order valence-corrected chi connectivity index (χ1v) is 26.5. The van der Waals surface area contributed by atoms with E-state index in [9.17, 15) is 34.5 Å². The van der Waals surface area contributed by atoms with E-state index in [0.29, 0.717) is 63.5 Å². The number of piperidine rings is 1. The Hall–Kier alpha value is -3.52. The number of carbonyl (C=O) groups excluding carboxylic acids is 4. The van der Waals surface area contributed by atoms with Crippen LogP contribution in [0.5, 0.6) is 0 Å². The summed E-state index contributed by atoms with van der Waals surface area (Å²) in [5, 5.41) is 34.6. The van der Waals surface area contributed by atoms with Crippen molar-refractivity contribution in [2.75, 3.05) is 34.5 Å². The van der Waals surface area contributed by atoms with Crippen molar-refractivity contribution in [1.82, 2.24) is 4.90 Å². The zero-order valence-electron chi connectivity index (χ0n) is 44.6. The molecule has 16 atom stereocenters. The van der Waals surface area contributed by atoms with E-state index >= 15 is 0 Å². The molecule has 3 N–H and O–H groups in total. The van der Waals surface area contributed by atoms with Crippen molar-refractivity contribution in [3.8, 4) is 12.3 Å². The van der Waals surface area contributed by atoms with Gasteiger partial charge in [0.25, 0.3) is 11.7 Å². The topological polar surface area (TPSA) is 188 Å². The number of aliphatic hydroxyl groups is 3. The molecule has 3 aliphatic heterocycles. The molecule has 1 saturated carbocycles. The summed E-state index contributed by atoms with van der Waals surface area (Å²) in [7, 11) is 4.86. The van der Waals surface area contributed by atoms with Crippen LogP contribution in [0.2, 0.25) is 0 Å². The third-order valence-corrected chi connectivity index (χ3v) is 15.7. The van der Waals surface area contributed by atoms with Crippen molar-refractivity contribution in [3.63, 3.8) is 0 Å². The Morgan fingerprint density at radius 3 is 2.25 bits per heavy atom. The molecule has 0 spiro atoms. The standard InChI is InChI=1S/C57H89NO13/c1-12-13-14-20-29-69-46-27-25-43(33-50(46)68-11)32-39(5)49-35-48(67-10)38(4)31-41(7)52(60)53(61)51(59)40(6)30-36(2)21-16-15-17-22-37(3)47(66-9)34-44-26-24-42(8)57(65,71-44)54(62)55(63)58-28-19-18-23-45(58)56(64)70-49/h1,15-17,21-22,31,36,38-40,42-50,52-53,60-61,65H,13-14,18-20,23-30,32-35H2,2-11H3/b17-15+,21-16+,37-22+,41-31+/t36-,38-,39-,40-,42-,43+,44+,45+,46-,47+,48-,49+,50-,52-,53+,57-/m1/s1. The molecule has 0 aromatic carbocycles. The van der Waals surface area contributed by atoms with Crippen molar-refractivity contribution in [2.45, 2.75) is 205 Å². The predicted molar refractivity (Wildman–Crippen MR) is 273 cm³/mol. The number of hydrogen-bond donors (Lipinski definition) is 3. The van der Waals surface area contributed by atoms with Gasteiger partial charge in [0, 0.05) is 71.5 Å². The third kappa shape index (κ3) is 17.0. The molecule has 0 radical (unpaired) electrons. The van der Waals surface area contributed by atoms with Gasteiger partial charge in [-0.25, -0.2) is 4.79 Å². The zero-order chi connectivity index (χ0) is 52.4. The molecule has 400 valence electrons. The number of aliphatic hydroxyl groups excluding tert-OH is 2. The number of ether oxygens (including phenoxy) is 6. The van der Waals surface area contributed by atoms with Gasteiger partial charge in [-0.05, 0) is 120 Å². The van der Waals surface area contributed by atoms with E-state index < -0.39 is 83.7 Å². The second-order valence-corrected chi connectivity index (χ2v) is 21.3. The van der Waals surface area contributed by atoms with Gasteiger partial charge in [-0.15, -0.1) is 12.3 Å². The van der Waals surface area contributed by atoms with Crippen LogP contribution in [0.25, 0.3) is 0 Å². The van der Waals surface area contributed by atoms with E-state index in [-0.39, 0.29) is 55.3 Å². The molecule has 0 aromatic heterocycles. The summed E-state index contributed by atoms with van der Waals surface area (Å²) >= 11 is 0. The number of terminal acetylenes is 1. The SMILES string of the molecule is C#CCCCCO[C@@H]1CC[C@@H](C[C@@H](C)[C@@H]2C[C@@H](OC)[C@H](C)/C=C(\C)[C@@H](O)[C@@H](O)C(=O)[C@H](C)C[C@H](C)/C=C/C=C/C=C(\C)[C@@H](OC)C[C@@H]3CC[C@@H](C)[C@@](O)(O3)C(=O)C(=O)N3CCCC[C@H]3C(=O)O2)C[C@H]1OC. The normalized spacial score (nSPS) is 38.9. The zero-order valence-corrected chi connectivity index (χ0v) is 44.6. The number of hydrogen-bond acceptors (Lipinski definition) is 13. The average Bonchev–Trinajstić information content (AvgIpc) is 3.36. The van der Waals surface area contributed by atoms with E-state index in [2.05, 4.69) is 5.92 Å². The number of carbonyl (C=O) groups is 4. The number of esters is 1. The quantitative estimate of drug-likeness (QED) is 0.0599. The third-order valence-electron chi connectivity index (χ3n) is 15.7. The Bertz CT molecular complexity index is 1890.